The molecule has 0 aliphatic carbocycles. The molecule has 0 heterocycles. The highest BCUT2D eigenvalue weighted by Crippen LogP contribution is 2.21. The van der Waals surface area contributed by atoms with Crippen LogP contribution in [0.15, 0.2) is 24.3 Å². The predicted octanol–water partition coefficient (Wildman–Crippen LogP) is 3.16. The molecule has 0 amide bonds. The summed E-state index contributed by atoms with van der Waals surface area (Å²) in [6.45, 7) is 6.86. The number of nitrogens with two attached hydrogens (primary N) is 1. The molecule has 0 spiro atoms. The van der Waals surface area contributed by atoms with E-state index in [1.165, 1.54) is 12.1 Å². The minimum atomic E-state index is -1.14. The molecule has 3 heteroatoms. The lowest BCUT2D eigenvalue weighted by Crippen LogP contribution is -2.26. The monoisotopic (exact) mass is 211 g/mol. The van der Waals surface area contributed by atoms with Crippen LogP contribution in [-0.4, -0.2) is 8.07 Å². The van der Waals surface area contributed by atoms with Gasteiger partial charge in [0.1, 0.15) is 5.82 Å². The van der Waals surface area contributed by atoms with Crippen LogP contribution >= 0.6 is 0 Å². The summed E-state index contributed by atoms with van der Waals surface area (Å²) < 4.78 is 12.7. The molecule has 1 nitrogen and oxygen atoms in total. The van der Waals surface area contributed by atoms with Gasteiger partial charge in [-0.2, -0.15) is 0 Å². The van der Waals surface area contributed by atoms with Gasteiger partial charge >= 0.3 is 0 Å². The number of hydrogen-bond donors (Lipinski definition) is 1. The van der Waals surface area contributed by atoms with Crippen LogP contribution in [-0.2, 0) is 0 Å². The molecule has 1 atom stereocenters. The molecule has 2 N–H and O–H groups in total. The Labute approximate surface area is 86.1 Å². The Bertz CT molecular complexity index is 289. The lowest BCUT2D eigenvalue weighted by molar-refractivity contribution is 0.626. The molecule has 0 radical (unpaired) electrons. The lowest BCUT2D eigenvalue weighted by Gasteiger charge is -2.21. The molecule has 0 fully saturated rings. The smallest absolute Gasteiger partial charge is 0.123 e. The van der Waals surface area contributed by atoms with Crippen molar-refractivity contribution in [2.24, 2.45) is 5.73 Å². The summed E-state index contributed by atoms with van der Waals surface area (Å²) in [6, 6.07) is 7.60. The molecule has 0 saturated carbocycles. The predicted molar refractivity (Wildman–Crippen MR) is 61.5 cm³/mol. The van der Waals surface area contributed by atoms with Crippen LogP contribution < -0.4 is 5.73 Å². The van der Waals surface area contributed by atoms with Gasteiger partial charge in [-0.15, -0.1) is 0 Å². The number of rotatable bonds is 3. The number of benzene rings is 1. The molecule has 0 bridgehead atoms. The Morgan fingerprint density at radius 1 is 1.21 bits per heavy atom. The highest BCUT2D eigenvalue weighted by molar-refractivity contribution is 6.76. The van der Waals surface area contributed by atoms with E-state index < -0.39 is 8.07 Å². The van der Waals surface area contributed by atoms with Crippen LogP contribution in [0.5, 0.6) is 0 Å². The van der Waals surface area contributed by atoms with Gasteiger partial charge in [0.25, 0.3) is 0 Å². The van der Waals surface area contributed by atoms with Crippen molar-refractivity contribution in [2.45, 2.75) is 31.7 Å². The van der Waals surface area contributed by atoms with E-state index in [4.69, 9.17) is 5.73 Å². The van der Waals surface area contributed by atoms with Gasteiger partial charge in [-0.25, -0.2) is 4.39 Å². The maximum absolute atomic E-state index is 12.7. The molecular formula is C11H18FNSi. The summed E-state index contributed by atoms with van der Waals surface area (Å²) in [4.78, 5) is 0. The van der Waals surface area contributed by atoms with E-state index in [1.54, 1.807) is 12.1 Å². The molecule has 0 saturated heterocycles. The molecule has 0 aromatic heterocycles. The molecule has 1 aromatic carbocycles. The van der Waals surface area contributed by atoms with E-state index in [-0.39, 0.29) is 11.9 Å². The van der Waals surface area contributed by atoms with Crippen LogP contribution in [0.2, 0.25) is 25.7 Å². The van der Waals surface area contributed by atoms with Crippen molar-refractivity contribution in [1.29, 1.82) is 0 Å². The normalized spacial score (nSPS) is 14.1. The minimum Gasteiger partial charge on any atom is -0.324 e. The van der Waals surface area contributed by atoms with Crippen LogP contribution in [0, 0.1) is 5.82 Å². The summed E-state index contributed by atoms with van der Waals surface area (Å²) >= 11 is 0. The van der Waals surface area contributed by atoms with E-state index in [2.05, 4.69) is 19.6 Å². The van der Waals surface area contributed by atoms with E-state index in [0.717, 1.165) is 11.6 Å². The van der Waals surface area contributed by atoms with E-state index in [0.29, 0.717) is 0 Å². The van der Waals surface area contributed by atoms with Crippen molar-refractivity contribution >= 4 is 8.07 Å². The third-order valence-corrected chi connectivity index (χ3v) is 3.80. The van der Waals surface area contributed by atoms with Crippen LogP contribution in [0.1, 0.15) is 11.6 Å². The zero-order valence-electron chi connectivity index (χ0n) is 9.05. The van der Waals surface area contributed by atoms with Crippen LogP contribution in [0.4, 0.5) is 4.39 Å². The first-order valence-corrected chi connectivity index (χ1v) is 8.60. The minimum absolute atomic E-state index is 0.0577. The van der Waals surface area contributed by atoms with Crippen molar-refractivity contribution in [3.63, 3.8) is 0 Å². The fourth-order valence-corrected chi connectivity index (χ4v) is 3.04. The van der Waals surface area contributed by atoms with E-state index in [9.17, 15) is 4.39 Å². The van der Waals surface area contributed by atoms with Gasteiger partial charge in [0.2, 0.25) is 0 Å². The fourth-order valence-electron chi connectivity index (χ4n) is 1.49. The van der Waals surface area contributed by atoms with E-state index >= 15 is 0 Å². The third-order valence-electron chi connectivity index (χ3n) is 2.13. The molecule has 0 aliphatic heterocycles. The van der Waals surface area contributed by atoms with Crippen molar-refractivity contribution in [3.8, 4) is 0 Å². The Morgan fingerprint density at radius 2 is 1.71 bits per heavy atom. The highest BCUT2D eigenvalue weighted by atomic mass is 28.3. The summed E-state index contributed by atoms with van der Waals surface area (Å²) in [7, 11) is -1.14. The Hall–Kier alpha value is -0.673. The first-order chi connectivity index (χ1) is 6.38. The maximum Gasteiger partial charge on any atom is 0.123 e. The van der Waals surface area contributed by atoms with Gasteiger partial charge in [-0.1, -0.05) is 31.8 Å². The Kier molecular flexibility index (Phi) is 3.45. The summed E-state index contributed by atoms with van der Waals surface area (Å²) in [6.07, 6.45) is 0. The Balaban J connectivity index is 2.70. The second kappa shape index (κ2) is 4.23. The SMILES string of the molecule is C[Si](C)(C)CC(N)c1ccc(F)cc1. The van der Waals surface area contributed by atoms with Gasteiger partial charge < -0.3 is 5.73 Å². The molecule has 1 unspecified atom stereocenters. The van der Waals surface area contributed by atoms with Gasteiger partial charge in [0.15, 0.2) is 0 Å². The van der Waals surface area contributed by atoms with Crippen molar-refractivity contribution in [1.82, 2.24) is 0 Å². The highest BCUT2D eigenvalue weighted by Gasteiger charge is 2.18. The molecule has 0 aliphatic rings. The van der Waals surface area contributed by atoms with Gasteiger partial charge in [0.05, 0.1) is 0 Å². The van der Waals surface area contributed by atoms with E-state index in [1.807, 2.05) is 0 Å². The second-order valence-corrected chi connectivity index (χ2v) is 10.5. The molecule has 78 valence electrons. The van der Waals surface area contributed by atoms with Crippen molar-refractivity contribution in [3.05, 3.63) is 35.6 Å². The van der Waals surface area contributed by atoms with Gasteiger partial charge in [-0.3, -0.25) is 0 Å². The lowest BCUT2D eigenvalue weighted by atomic mass is 10.1. The number of halogens is 1. The average molecular weight is 211 g/mol. The van der Waals surface area contributed by atoms with Crippen LogP contribution in [0.25, 0.3) is 0 Å². The van der Waals surface area contributed by atoms with Gasteiger partial charge in [0, 0.05) is 14.1 Å². The Morgan fingerprint density at radius 3 is 2.14 bits per heavy atom. The molecular weight excluding hydrogens is 193 g/mol. The quantitative estimate of drug-likeness (QED) is 0.764. The van der Waals surface area contributed by atoms with Crippen molar-refractivity contribution < 1.29 is 4.39 Å². The number of hydrogen-bond acceptors (Lipinski definition) is 1. The maximum atomic E-state index is 12.7. The van der Waals surface area contributed by atoms with Crippen molar-refractivity contribution in [2.75, 3.05) is 0 Å². The first kappa shape index (κ1) is 11.4. The summed E-state index contributed by atoms with van der Waals surface area (Å²) in [5, 5.41) is 0. The summed E-state index contributed by atoms with van der Waals surface area (Å²) in [5.74, 6) is -0.200. The standard InChI is InChI=1S/C11H18FNSi/c1-14(2,3)8-11(13)9-4-6-10(12)7-5-9/h4-7,11H,8,13H2,1-3H3. The zero-order valence-corrected chi connectivity index (χ0v) is 10.0. The fraction of sp³-hybridized carbons (Fsp3) is 0.455. The molecule has 1 rings (SSSR count). The first-order valence-electron chi connectivity index (χ1n) is 4.89. The summed E-state index contributed by atoms with van der Waals surface area (Å²) in [5.41, 5.74) is 7.08. The molecule has 1 aromatic rings. The average Bonchev–Trinajstić information content (AvgIpc) is 2.02. The largest absolute Gasteiger partial charge is 0.324 e. The van der Waals surface area contributed by atoms with Gasteiger partial charge in [-0.05, 0) is 23.7 Å². The zero-order chi connectivity index (χ0) is 10.8. The third kappa shape index (κ3) is 3.60. The molecule has 14 heavy (non-hydrogen) atoms. The second-order valence-electron chi connectivity index (χ2n) is 4.92. The topological polar surface area (TPSA) is 26.0 Å². The van der Waals surface area contributed by atoms with Crippen LogP contribution in [0.3, 0.4) is 0 Å².